The van der Waals surface area contributed by atoms with E-state index in [1.807, 2.05) is 29.8 Å². The highest BCUT2D eigenvalue weighted by molar-refractivity contribution is 5.93. The van der Waals surface area contributed by atoms with Crippen LogP contribution in [0.15, 0.2) is 61.6 Å². The quantitative estimate of drug-likeness (QED) is 0.452. The molecule has 160 valence electrons. The van der Waals surface area contributed by atoms with Crippen LogP contribution in [0.2, 0.25) is 0 Å². The number of fused-ring (bicyclic) bond motifs is 2. The molecule has 8 heteroatoms. The lowest BCUT2D eigenvalue weighted by atomic mass is 10.2. The number of nitrogens with one attached hydrogen (secondary N) is 1. The first-order valence-electron chi connectivity index (χ1n) is 10.8. The molecule has 0 aromatic carbocycles. The summed E-state index contributed by atoms with van der Waals surface area (Å²) >= 11 is 0. The molecule has 1 fully saturated rings. The Morgan fingerprint density at radius 1 is 1.16 bits per heavy atom. The third-order valence-electron chi connectivity index (χ3n) is 5.98. The van der Waals surface area contributed by atoms with Gasteiger partial charge in [0.1, 0.15) is 5.65 Å². The van der Waals surface area contributed by atoms with Crippen molar-refractivity contribution < 1.29 is 4.79 Å². The average Bonchev–Trinajstić information content (AvgIpc) is 3.21. The Morgan fingerprint density at radius 2 is 2.06 bits per heavy atom. The molecule has 0 unspecified atom stereocenters. The Labute approximate surface area is 184 Å². The minimum atomic E-state index is -0.172. The van der Waals surface area contributed by atoms with Crippen molar-refractivity contribution in [1.82, 2.24) is 33.9 Å². The first-order valence-corrected chi connectivity index (χ1v) is 10.8. The van der Waals surface area contributed by atoms with Crippen LogP contribution in [0, 0.1) is 6.92 Å². The number of carbonyl (C=O) groups is 1. The molecule has 1 aliphatic rings. The van der Waals surface area contributed by atoms with Crippen molar-refractivity contribution >= 4 is 17.1 Å². The Kier molecular flexibility index (Phi) is 4.31. The molecule has 0 atom stereocenters. The summed E-state index contributed by atoms with van der Waals surface area (Å²) in [6.07, 6.45) is 13.8. The van der Waals surface area contributed by atoms with Gasteiger partial charge in [-0.15, -0.1) is 0 Å². The molecular formula is C24H23N7O. The highest BCUT2D eigenvalue weighted by Crippen LogP contribution is 2.39. The molecule has 0 aliphatic heterocycles. The fraction of sp³-hybridized carbons (Fsp3) is 0.250. The van der Waals surface area contributed by atoms with Crippen molar-refractivity contribution in [3.8, 4) is 0 Å². The van der Waals surface area contributed by atoms with E-state index >= 15 is 0 Å². The van der Waals surface area contributed by atoms with Gasteiger partial charge in [0, 0.05) is 24.8 Å². The summed E-state index contributed by atoms with van der Waals surface area (Å²) in [4.78, 5) is 21.7. The number of nitrogens with zero attached hydrogens (tertiary/aromatic N) is 6. The van der Waals surface area contributed by atoms with Gasteiger partial charge in [-0.05, 0) is 55.0 Å². The number of amides is 1. The molecule has 8 nitrogen and oxygen atoms in total. The van der Waals surface area contributed by atoms with Gasteiger partial charge in [-0.2, -0.15) is 5.10 Å². The zero-order chi connectivity index (χ0) is 21.7. The molecule has 1 amide bonds. The molecular weight excluding hydrogens is 402 g/mol. The summed E-state index contributed by atoms with van der Waals surface area (Å²) in [7, 11) is 0. The van der Waals surface area contributed by atoms with Gasteiger partial charge >= 0.3 is 0 Å². The Morgan fingerprint density at radius 3 is 2.94 bits per heavy atom. The number of pyridine rings is 2. The number of hydrogen-bond donors (Lipinski definition) is 1. The van der Waals surface area contributed by atoms with Crippen LogP contribution in [0.4, 0.5) is 0 Å². The molecule has 0 bridgehead atoms. The van der Waals surface area contributed by atoms with Crippen molar-refractivity contribution in [1.29, 1.82) is 0 Å². The minimum absolute atomic E-state index is 0.172. The first kappa shape index (κ1) is 18.8. The summed E-state index contributed by atoms with van der Waals surface area (Å²) in [6.45, 7) is 2.91. The SMILES string of the molecule is Cc1ccn2cnc(CNC(=O)c3cnn(Cc4cn5cc(C6CC6)ccc5n4)c3)c2c1. The van der Waals surface area contributed by atoms with Gasteiger partial charge in [-0.25, -0.2) is 9.97 Å². The van der Waals surface area contributed by atoms with Crippen molar-refractivity contribution in [3.63, 3.8) is 0 Å². The maximum Gasteiger partial charge on any atom is 0.254 e. The molecule has 1 saturated carbocycles. The summed E-state index contributed by atoms with van der Waals surface area (Å²) in [5.41, 5.74) is 6.72. The number of rotatable bonds is 6. The van der Waals surface area contributed by atoms with Crippen LogP contribution in [0.5, 0.6) is 0 Å². The summed E-state index contributed by atoms with van der Waals surface area (Å²) in [5.74, 6) is 0.538. The Balaban J connectivity index is 1.13. The Hall–Kier alpha value is -3.94. The molecule has 0 radical (unpaired) electrons. The molecule has 0 saturated heterocycles. The maximum absolute atomic E-state index is 12.6. The van der Waals surface area contributed by atoms with E-state index in [0.29, 0.717) is 24.6 Å². The third-order valence-corrected chi connectivity index (χ3v) is 5.98. The van der Waals surface area contributed by atoms with E-state index in [1.165, 1.54) is 18.4 Å². The number of aromatic nitrogens is 6. The normalized spacial score (nSPS) is 13.8. The smallest absolute Gasteiger partial charge is 0.254 e. The molecule has 5 aromatic rings. The van der Waals surface area contributed by atoms with E-state index in [2.05, 4.69) is 49.2 Å². The summed E-state index contributed by atoms with van der Waals surface area (Å²) < 4.78 is 5.78. The van der Waals surface area contributed by atoms with Gasteiger partial charge in [0.2, 0.25) is 0 Å². The lowest BCUT2D eigenvalue weighted by molar-refractivity contribution is 0.0950. The van der Waals surface area contributed by atoms with Crippen LogP contribution < -0.4 is 5.32 Å². The fourth-order valence-corrected chi connectivity index (χ4v) is 4.08. The molecule has 0 spiro atoms. The van der Waals surface area contributed by atoms with E-state index in [9.17, 15) is 4.79 Å². The molecule has 1 N–H and O–H groups in total. The number of aryl methyl sites for hydroxylation is 1. The van der Waals surface area contributed by atoms with Gasteiger partial charge < -0.3 is 14.1 Å². The third kappa shape index (κ3) is 3.53. The monoisotopic (exact) mass is 425 g/mol. The number of imidazole rings is 2. The van der Waals surface area contributed by atoms with E-state index in [1.54, 1.807) is 23.4 Å². The molecule has 6 rings (SSSR count). The van der Waals surface area contributed by atoms with Gasteiger partial charge in [-0.1, -0.05) is 6.07 Å². The predicted octanol–water partition coefficient (Wildman–Crippen LogP) is 3.34. The average molecular weight is 425 g/mol. The lowest BCUT2D eigenvalue weighted by Crippen LogP contribution is -2.22. The highest BCUT2D eigenvalue weighted by Gasteiger charge is 2.23. The molecule has 1 aliphatic carbocycles. The van der Waals surface area contributed by atoms with Crippen molar-refractivity contribution in [3.05, 3.63) is 89.7 Å². The first-order chi connectivity index (χ1) is 15.6. The van der Waals surface area contributed by atoms with Crippen LogP contribution >= 0.6 is 0 Å². The second-order valence-corrected chi connectivity index (χ2v) is 8.53. The van der Waals surface area contributed by atoms with E-state index < -0.39 is 0 Å². The van der Waals surface area contributed by atoms with Crippen LogP contribution in [0.3, 0.4) is 0 Å². The van der Waals surface area contributed by atoms with Gasteiger partial charge in [-0.3, -0.25) is 9.48 Å². The van der Waals surface area contributed by atoms with Gasteiger partial charge in [0.05, 0.1) is 48.1 Å². The van der Waals surface area contributed by atoms with E-state index in [0.717, 1.165) is 28.1 Å². The van der Waals surface area contributed by atoms with Crippen molar-refractivity contribution in [2.45, 2.75) is 38.8 Å². The van der Waals surface area contributed by atoms with E-state index in [4.69, 9.17) is 0 Å². The molecule has 32 heavy (non-hydrogen) atoms. The largest absolute Gasteiger partial charge is 0.346 e. The van der Waals surface area contributed by atoms with Crippen LogP contribution in [-0.4, -0.2) is 34.5 Å². The molecule has 5 heterocycles. The predicted molar refractivity (Wildman–Crippen MR) is 120 cm³/mol. The van der Waals surface area contributed by atoms with Crippen LogP contribution in [0.1, 0.15) is 51.6 Å². The standard InChI is InChI=1S/C24H23N7O/c1-16-6-7-29-15-26-21(22(29)8-16)10-25-24(32)19-9-27-31(12-19)14-20-13-30-11-18(17-2-3-17)4-5-23(30)28-20/h4-9,11-13,15,17H,2-3,10,14H2,1H3,(H,25,32). The lowest BCUT2D eigenvalue weighted by Gasteiger charge is -2.03. The second kappa shape index (κ2) is 7.33. The number of hydrogen-bond acceptors (Lipinski definition) is 4. The van der Waals surface area contributed by atoms with Gasteiger partial charge in [0.15, 0.2) is 0 Å². The summed E-state index contributed by atoms with van der Waals surface area (Å²) in [6, 6.07) is 8.33. The zero-order valence-electron chi connectivity index (χ0n) is 17.8. The van der Waals surface area contributed by atoms with Gasteiger partial charge in [0.25, 0.3) is 5.91 Å². The van der Waals surface area contributed by atoms with Crippen LogP contribution in [0.25, 0.3) is 11.2 Å². The summed E-state index contributed by atoms with van der Waals surface area (Å²) in [5, 5.41) is 7.30. The van der Waals surface area contributed by atoms with Crippen LogP contribution in [-0.2, 0) is 13.1 Å². The maximum atomic E-state index is 12.6. The van der Waals surface area contributed by atoms with Crippen molar-refractivity contribution in [2.24, 2.45) is 0 Å². The second-order valence-electron chi connectivity index (χ2n) is 8.53. The molecule has 5 aromatic heterocycles. The van der Waals surface area contributed by atoms with E-state index in [-0.39, 0.29) is 5.91 Å². The fourth-order valence-electron chi connectivity index (χ4n) is 4.08. The topological polar surface area (TPSA) is 81.5 Å². The van der Waals surface area contributed by atoms with Crippen molar-refractivity contribution in [2.75, 3.05) is 0 Å². The Bertz CT molecular complexity index is 1450. The minimum Gasteiger partial charge on any atom is -0.346 e. The zero-order valence-corrected chi connectivity index (χ0v) is 17.8. The number of carbonyl (C=O) groups excluding carboxylic acids is 1. The highest BCUT2D eigenvalue weighted by atomic mass is 16.1.